The summed E-state index contributed by atoms with van der Waals surface area (Å²) >= 11 is 11.9. The third-order valence-corrected chi connectivity index (χ3v) is 5.84. The van der Waals surface area contributed by atoms with Gasteiger partial charge in [-0.2, -0.15) is 8.42 Å². The molecular formula is C21H20Cl2N2O5S. The number of para-hydroxylation sites is 1. The lowest BCUT2D eigenvalue weighted by atomic mass is 10.1. The molecule has 1 aromatic heterocycles. The number of aromatic nitrogens is 1. The van der Waals surface area contributed by atoms with E-state index in [0.717, 1.165) is 11.8 Å². The van der Waals surface area contributed by atoms with Gasteiger partial charge in [0.15, 0.2) is 0 Å². The molecule has 3 aromatic rings. The monoisotopic (exact) mass is 482 g/mol. The van der Waals surface area contributed by atoms with Gasteiger partial charge in [0.1, 0.15) is 0 Å². The van der Waals surface area contributed by atoms with Gasteiger partial charge in [0.05, 0.1) is 27.4 Å². The van der Waals surface area contributed by atoms with Crippen LogP contribution >= 0.6 is 23.2 Å². The quantitative estimate of drug-likeness (QED) is 0.410. The number of pyridine rings is 1. The summed E-state index contributed by atoms with van der Waals surface area (Å²) in [4.78, 5) is 25.7. The normalized spacial score (nSPS) is 11.5. The van der Waals surface area contributed by atoms with Crippen LogP contribution < -0.4 is 15.1 Å². The predicted octanol–water partition coefficient (Wildman–Crippen LogP) is 3.55. The van der Waals surface area contributed by atoms with Gasteiger partial charge in [-0.05, 0) is 36.6 Å². The molecule has 0 atom stereocenters. The van der Waals surface area contributed by atoms with E-state index < -0.39 is 27.3 Å². The Bertz CT molecular complexity index is 1320. The third kappa shape index (κ3) is 5.39. The molecule has 1 heterocycles. The molecule has 0 aliphatic rings. The maximum atomic E-state index is 13.0. The average Bonchev–Trinajstić information content (AvgIpc) is 2.71. The Balaban J connectivity index is 1.87. The van der Waals surface area contributed by atoms with Crippen LogP contribution in [0.1, 0.15) is 22.3 Å². The van der Waals surface area contributed by atoms with Gasteiger partial charge in [-0.25, -0.2) is 0 Å². The summed E-state index contributed by atoms with van der Waals surface area (Å²) < 4.78 is 29.6. The number of nitrogens with one attached hydrogen (secondary N) is 1. The number of fused-ring (bicyclic) bond motifs is 1. The zero-order valence-corrected chi connectivity index (χ0v) is 19.1. The molecule has 0 saturated heterocycles. The molecule has 10 heteroatoms. The molecule has 31 heavy (non-hydrogen) atoms. The largest absolute Gasteiger partial charge is 0.376 e. The Labute approximate surface area is 189 Å². The fraction of sp³-hybridized carbons (Fsp3) is 0.238. The number of carbonyl (C=O) groups excluding carboxylic acids is 1. The van der Waals surface area contributed by atoms with Gasteiger partial charge in [-0.1, -0.05) is 47.5 Å². The summed E-state index contributed by atoms with van der Waals surface area (Å²) in [5, 5.41) is 4.07. The first-order chi connectivity index (χ1) is 14.6. The van der Waals surface area contributed by atoms with Crippen LogP contribution in [0.15, 0.2) is 47.3 Å². The predicted molar refractivity (Wildman–Crippen MR) is 122 cm³/mol. The minimum absolute atomic E-state index is 0.112. The number of hydrogen-bond acceptors (Lipinski definition) is 5. The highest BCUT2D eigenvalue weighted by Gasteiger charge is 2.24. The SMILES string of the molecule is Cn1c(=O)c(OS(C)(=O)=O)c(C(=O)NCCCc2ccc(Cl)c(Cl)c2)c2ccccc21. The van der Waals surface area contributed by atoms with Gasteiger partial charge in [-0.3, -0.25) is 9.59 Å². The fourth-order valence-corrected chi connectivity index (χ4v) is 3.98. The maximum absolute atomic E-state index is 13.0. The number of nitrogens with zero attached hydrogens (tertiary/aromatic N) is 1. The van der Waals surface area contributed by atoms with E-state index in [2.05, 4.69) is 5.32 Å². The average molecular weight is 483 g/mol. The lowest BCUT2D eigenvalue weighted by molar-refractivity contribution is 0.0953. The first-order valence-corrected chi connectivity index (χ1v) is 11.9. The van der Waals surface area contributed by atoms with E-state index in [1.165, 1.54) is 11.6 Å². The van der Waals surface area contributed by atoms with E-state index in [-0.39, 0.29) is 5.56 Å². The highest BCUT2D eigenvalue weighted by atomic mass is 35.5. The number of benzene rings is 2. The molecule has 0 fully saturated rings. The lowest BCUT2D eigenvalue weighted by Gasteiger charge is -2.15. The van der Waals surface area contributed by atoms with Crippen molar-refractivity contribution in [2.24, 2.45) is 7.05 Å². The number of aryl methyl sites for hydroxylation is 2. The van der Waals surface area contributed by atoms with Crippen molar-refractivity contribution >= 4 is 50.1 Å². The molecule has 0 bridgehead atoms. The number of amides is 1. The molecule has 2 aromatic carbocycles. The van der Waals surface area contributed by atoms with Crippen LogP contribution in [-0.2, 0) is 23.6 Å². The molecule has 164 valence electrons. The van der Waals surface area contributed by atoms with Crippen molar-refractivity contribution < 1.29 is 17.4 Å². The van der Waals surface area contributed by atoms with Crippen molar-refractivity contribution in [3.05, 3.63) is 74.0 Å². The Morgan fingerprint density at radius 3 is 2.52 bits per heavy atom. The molecule has 3 rings (SSSR count). The third-order valence-electron chi connectivity index (χ3n) is 4.63. The minimum Gasteiger partial charge on any atom is -0.376 e. The molecule has 0 radical (unpaired) electrons. The molecule has 0 spiro atoms. The Morgan fingerprint density at radius 2 is 1.84 bits per heavy atom. The molecule has 0 saturated carbocycles. The number of rotatable bonds is 7. The van der Waals surface area contributed by atoms with Crippen molar-refractivity contribution in [3.63, 3.8) is 0 Å². The van der Waals surface area contributed by atoms with Crippen molar-refractivity contribution in [2.45, 2.75) is 12.8 Å². The summed E-state index contributed by atoms with van der Waals surface area (Å²) in [7, 11) is -2.54. The molecule has 7 nitrogen and oxygen atoms in total. The number of halogens is 2. The number of hydrogen-bond donors (Lipinski definition) is 1. The minimum atomic E-state index is -4.03. The second kappa shape index (κ2) is 9.30. The fourth-order valence-electron chi connectivity index (χ4n) is 3.20. The second-order valence-corrected chi connectivity index (χ2v) is 9.37. The van der Waals surface area contributed by atoms with E-state index >= 15 is 0 Å². The molecule has 0 aliphatic heterocycles. The van der Waals surface area contributed by atoms with Gasteiger partial charge >= 0.3 is 10.1 Å². The summed E-state index contributed by atoms with van der Waals surface area (Å²) in [6.45, 7) is 0.293. The molecule has 1 N–H and O–H groups in total. The zero-order valence-electron chi connectivity index (χ0n) is 16.8. The number of carbonyl (C=O) groups is 1. The van der Waals surface area contributed by atoms with Gasteiger partial charge in [-0.15, -0.1) is 0 Å². The van der Waals surface area contributed by atoms with Crippen LogP contribution in [0.5, 0.6) is 5.75 Å². The smallest absolute Gasteiger partial charge is 0.306 e. The van der Waals surface area contributed by atoms with Gasteiger partial charge in [0.25, 0.3) is 11.5 Å². The van der Waals surface area contributed by atoms with Crippen molar-refractivity contribution in [1.82, 2.24) is 9.88 Å². The zero-order chi connectivity index (χ0) is 22.8. The van der Waals surface area contributed by atoms with E-state index in [1.54, 1.807) is 36.4 Å². The maximum Gasteiger partial charge on any atom is 0.306 e. The lowest BCUT2D eigenvalue weighted by Crippen LogP contribution is -2.30. The molecular weight excluding hydrogens is 463 g/mol. The second-order valence-electron chi connectivity index (χ2n) is 6.98. The van der Waals surface area contributed by atoms with Crippen LogP contribution in [0, 0.1) is 0 Å². The van der Waals surface area contributed by atoms with Crippen LogP contribution in [0.2, 0.25) is 10.0 Å². The summed E-state index contributed by atoms with van der Waals surface area (Å²) in [5.74, 6) is -1.12. The van der Waals surface area contributed by atoms with Crippen molar-refractivity contribution in [3.8, 4) is 5.75 Å². The molecule has 0 aliphatic carbocycles. The first-order valence-electron chi connectivity index (χ1n) is 9.32. The molecule has 1 amide bonds. The van der Waals surface area contributed by atoms with Gasteiger partial charge in [0.2, 0.25) is 5.75 Å². The van der Waals surface area contributed by atoms with Crippen LogP contribution in [-0.4, -0.2) is 31.7 Å². The van der Waals surface area contributed by atoms with Crippen molar-refractivity contribution in [2.75, 3.05) is 12.8 Å². The summed E-state index contributed by atoms with van der Waals surface area (Å²) in [6, 6.07) is 12.0. The van der Waals surface area contributed by atoms with E-state index in [0.29, 0.717) is 40.3 Å². The van der Waals surface area contributed by atoms with Gasteiger partial charge in [0, 0.05) is 19.0 Å². The highest BCUT2D eigenvalue weighted by Crippen LogP contribution is 2.26. The topological polar surface area (TPSA) is 94.5 Å². The summed E-state index contributed by atoms with van der Waals surface area (Å²) in [6.07, 6.45) is 2.05. The van der Waals surface area contributed by atoms with E-state index in [9.17, 15) is 18.0 Å². The van der Waals surface area contributed by atoms with E-state index in [1.807, 2.05) is 6.07 Å². The van der Waals surface area contributed by atoms with Crippen LogP contribution in [0.3, 0.4) is 0 Å². The Hall–Kier alpha value is -2.55. The Kier molecular flexibility index (Phi) is 6.93. The highest BCUT2D eigenvalue weighted by molar-refractivity contribution is 7.86. The van der Waals surface area contributed by atoms with Crippen molar-refractivity contribution in [1.29, 1.82) is 0 Å². The summed E-state index contributed by atoms with van der Waals surface area (Å²) in [5.41, 5.74) is 0.613. The standard InChI is InChI=1S/C21H20Cl2N2O5S/c1-25-17-8-4-3-7-14(17)18(19(21(25)27)30-31(2,28)29)20(26)24-11-5-6-13-9-10-15(22)16(23)12-13/h3-4,7-10,12H,5-6,11H2,1-2H3,(H,24,26). The van der Waals surface area contributed by atoms with E-state index in [4.69, 9.17) is 27.4 Å². The Morgan fingerprint density at radius 1 is 1.13 bits per heavy atom. The first kappa shape index (κ1) is 23.1. The van der Waals surface area contributed by atoms with Crippen LogP contribution in [0.25, 0.3) is 10.9 Å². The molecule has 0 unspecified atom stereocenters. The van der Waals surface area contributed by atoms with Gasteiger partial charge < -0.3 is 14.1 Å². The van der Waals surface area contributed by atoms with Crippen LogP contribution in [0.4, 0.5) is 0 Å².